The number of aromatic nitrogens is 2. The highest BCUT2D eigenvalue weighted by molar-refractivity contribution is 6.04. The maximum Gasteiger partial charge on any atom is 0.253 e. The van der Waals surface area contributed by atoms with E-state index in [0.717, 1.165) is 0 Å². The third-order valence-electron chi connectivity index (χ3n) is 4.33. The molecule has 0 aliphatic rings. The number of hydrogen-bond donors (Lipinski definition) is 1. The van der Waals surface area contributed by atoms with Crippen LogP contribution in [0.2, 0.25) is 0 Å². The lowest BCUT2D eigenvalue weighted by atomic mass is 10.1. The molecule has 0 spiro atoms. The van der Waals surface area contributed by atoms with Crippen molar-refractivity contribution in [3.8, 4) is 5.75 Å². The highest BCUT2D eigenvalue weighted by Gasteiger charge is 2.15. The van der Waals surface area contributed by atoms with Crippen LogP contribution in [-0.4, -0.2) is 29.0 Å². The van der Waals surface area contributed by atoms with Gasteiger partial charge in [-0.25, -0.2) is 18.7 Å². The predicted molar refractivity (Wildman–Crippen MR) is 102 cm³/mol. The van der Waals surface area contributed by atoms with Crippen LogP contribution in [-0.2, 0) is 0 Å². The maximum atomic E-state index is 13.9. The normalized spacial score (nSPS) is 10.9. The predicted octanol–water partition coefficient (Wildman–Crippen LogP) is 4.11. The second-order valence-corrected chi connectivity index (χ2v) is 6.48. The summed E-state index contributed by atoms with van der Waals surface area (Å²) in [6.45, 7) is 4.46. The van der Waals surface area contributed by atoms with Crippen molar-refractivity contribution < 1.29 is 18.3 Å². The number of hydrogen-bond acceptors (Lipinski definition) is 4. The van der Waals surface area contributed by atoms with Gasteiger partial charge >= 0.3 is 0 Å². The number of halogens is 2. The van der Waals surface area contributed by atoms with Crippen LogP contribution in [0.1, 0.15) is 34.6 Å². The van der Waals surface area contributed by atoms with Crippen molar-refractivity contribution >= 4 is 16.9 Å². The van der Waals surface area contributed by atoms with Crippen molar-refractivity contribution in [1.29, 1.82) is 0 Å². The third kappa shape index (κ3) is 4.79. The number of carbonyl (C=O) groups excluding carboxylic acids is 1. The van der Waals surface area contributed by atoms with E-state index in [2.05, 4.69) is 15.3 Å². The van der Waals surface area contributed by atoms with Crippen molar-refractivity contribution in [1.82, 2.24) is 15.3 Å². The molecule has 0 aliphatic carbocycles. The van der Waals surface area contributed by atoms with Crippen LogP contribution in [0.15, 0.2) is 36.4 Å². The van der Waals surface area contributed by atoms with Crippen LogP contribution in [0.25, 0.3) is 11.0 Å². The van der Waals surface area contributed by atoms with Gasteiger partial charge in [-0.2, -0.15) is 0 Å². The van der Waals surface area contributed by atoms with Crippen molar-refractivity contribution in [3.05, 3.63) is 65.0 Å². The van der Waals surface area contributed by atoms with E-state index in [1.807, 2.05) is 0 Å². The molecule has 0 atom stereocenters. The van der Waals surface area contributed by atoms with Gasteiger partial charge in [0.2, 0.25) is 0 Å². The Kier molecular flexibility index (Phi) is 6.13. The number of carbonyl (C=O) groups is 1. The number of fused-ring (bicyclic) bond motifs is 1. The third-order valence-corrected chi connectivity index (χ3v) is 4.33. The lowest BCUT2D eigenvalue weighted by Crippen LogP contribution is -2.25. The molecular formula is C21H21F2N3O2. The molecule has 0 saturated carbocycles. The molecule has 0 aliphatic heterocycles. The van der Waals surface area contributed by atoms with Gasteiger partial charge in [-0.1, -0.05) is 0 Å². The van der Waals surface area contributed by atoms with Gasteiger partial charge in [-0.3, -0.25) is 4.79 Å². The molecule has 1 amide bonds. The zero-order valence-corrected chi connectivity index (χ0v) is 15.8. The summed E-state index contributed by atoms with van der Waals surface area (Å²) in [4.78, 5) is 21.2. The molecule has 0 radical (unpaired) electrons. The van der Waals surface area contributed by atoms with Gasteiger partial charge in [-0.05, 0) is 57.0 Å². The van der Waals surface area contributed by atoms with Gasteiger partial charge < -0.3 is 10.1 Å². The Hall–Kier alpha value is -3.09. The molecule has 0 bridgehead atoms. The lowest BCUT2D eigenvalue weighted by molar-refractivity contribution is 0.0953. The summed E-state index contributed by atoms with van der Waals surface area (Å²) < 4.78 is 32.2. The fourth-order valence-electron chi connectivity index (χ4n) is 2.72. The van der Waals surface area contributed by atoms with E-state index in [4.69, 9.17) is 4.74 Å². The van der Waals surface area contributed by atoms with Crippen molar-refractivity contribution in [2.24, 2.45) is 0 Å². The zero-order valence-electron chi connectivity index (χ0n) is 15.8. The fraction of sp³-hybridized carbons (Fsp3) is 0.286. The van der Waals surface area contributed by atoms with Crippen LogP contribution in [0.3, 0.4) is 0 Å². The second kappa shape index (κ2) is 8.73. The molecule has 0 unspecified atom stereocenters. The van der Waals surface area contributed by atoms with E-state index in [9.17, 15) is 13.6 Å². The molecule has 1 N–H and O–H groups in total. The summed E-state index contributed by atoms with van der Waals surface area (Å²) in [6, 6.07) is 8.26. The molecule has 28 heavy (non-hydrogen) atoms. The van der Waals surface area contributed by atoms with Crippen LogP contribution in [0.5, 0.6) is 5.75 Å². The minimum absolute atomic E-state index is 0.174. The van der Waals surface area contributed by atoms with Gasteiger partial charge in [0.05, 0.1) is 29.1 Å². The maximum absolute atomic E-state index is 13.9. The Balaban J connectivity index is 1.53. The van der Waals surface area contributed by atoms with Gasteiger partial charge in [0, 0.05) is 12.6 Å². The Morgan fingerprint density at radius 2 is 1.71 bits per heavy atom. The van der Waals surface area contributed by atoms with Crippen molar-refractivity contribution in [2.75, 3.05) is 13.2 Å². The lowest BCUT2D eigenvalue weighted by Gasteiger charge is -2.10. The van der Waals surface area contributed by atoms with E-state index in [1.165, 1.54) is 24.3 Å². The van der Waals surface area contributed by atoms with Gasteiger partial charge in [0.1, 0.15) is 22.9 Å². The number of nitrogens with one attached hydrogen (secondary N) is 1. The molecule has 5 nitrogen and oxygen atoms in total. The minimum atomic E-state index is -0.525. The number of ether oxygens (including phenoxy) is 1. The van der Waals surface area contributed by atoms with Crippen LogP contribution in [0.4, 0.5) is 8.78 Å². The summed E-state index contributed by atoms with van der Waals surface area (Å²) in [5.41, 5.74) is 2.33. The van der Waals surface area contributed by atoms with Gasteiger partial charge in [0.15, 0.2) is 0 Å². The first kappa shape index (κ1) is 19.7. The minimum Gasteiger partial charge on any atom is -0.494 e. The first-order chi connectivity index (χ1) is 13.4. The van der Waals surface area contributed by atoms with Crippen LogP contribution in [0, 0.1) is 25.5 Å². The summed E-state index contributed by atoms with van der Waals surface area (Å²) in [5.74, 6) is -0.625. The smallest absolute Gasteiger partial charge is 0.253 e. The monoisotopic (exact) mass is 385 g/mol. The van der Waals surface area contributed by atoms with E-state index >= 15 is 0 Å². The fourth-order valence-corrected chi connectivity index (χ4v) is 2.72. The van der Waals surface area contributed by atoms with E-state index in [0.29, 0.717) is 54.2 Å². The molecule has 0 fully saturated rings. The largest absolute Gasteiger partial charge is 0.494 e. The number of nitrogens with zero attached hydrogens (tertiary/aromatic N) is 2. The number of rotatable bonds is 7. The Labute approximate surface area is 161 Å². The van der Waals surface area contributed by atoms with Crippen LogP contribution < -0.4 is 10.1 Å². The quantitative estimate of drug-likeness (QED) is 0.622. The Bertz CT molecular complexity index is 991. The highest BCUT2D eigenvalue weighted by Crippen LogP contribution is 2.19. The SMILES string of the molecule is Cc1nc2cc(F)cc(C(=O)NCCCCOc3ccc(F)cc3)c2nc1C. The molecule has 1 heterocycles. The first-order valence-corrected chi connectivity index (χ1v) is 9.05. The van der Waals surface area contributed by atoms with E-state index in [-0.39, 0.29) is 17.3 Å². The molecule has 0 saturated heterocycles. The van der Waals surface area contributed by atoms with E-state index < -0.39 is 5.82 Å². The number of benzene rings is 2. The topological polar surface area (TPSA) is 64.1 Å². The molecule has 2 aromatic carbocycles. The van der Waals surface area contributed by atoms with Crippen molar-refractivity contribution in [3.63, 3.8) is 0 Å². The average molecular weight is 385 g/mol. The first-order valence-electron chi connectivity index (χ1n) is 9.05. The average Bonchev–Trinajstić information content (AvgIpc) is 2.66. The molecular weight excluding hydrogens is 364 g/mol. The Morgan fingerprint density at radius 3 is 2.46 bits per heavy atom. The van der Waals surface area contributed by atoms with E-state index in [1.54, 1.807) is 26.0 Å². The molecule has 7 heteroatoms. The van der Waals surface area contributed by atoms with Gasteiger partial charge in [0.25, 0.3) is 5.91 Å². The zero-order chi connectivity index (χ0) is 20.1. The second-order valence-electron chi connectivity index (χ2n) is 6.48. The van der Waals surface area contributed by atoms with Crippen LogP contribution >= 0.6 is 0 Å². The molecule has 3 aromatic rings. The molecule has 146 valence electrons. The number of aryl methyl sites for hydroxylation is 2. The molecule has 3 rings (SSSR count). The number of amides is 1. The summed E-state index contributed by atoms with van der Waals surface area (Å²) in [5, 5.41) is 2.78. The Morgan fingerprint density at radius 1 is 1.00 bits per heavy atom. The van der Waals surface area contributed by atoms with Crippen molar-refractivity contribution in [2.45, 2.75) is 26.7 Å². The van der Waals surface area contributed by atoms with Gasteiger partial charge in [-0.15, -0.1) is 0 Å². The molecule has 1 aromatic heterocycles. The summed E-state index contributed by atoms with van der Waals surface area (Å²) in [6.07, 6.45) is 1.39. The highest BCUT2D eigenvalue weighted by atomic mass is 19.1. The number of unbranched alkanes of at least 4 members (excludes halogenated alkanes) is 1. The standard InChI is InChI=1S/C21H21F2N3O2/c1-13-14(2)26-20-18(11-16(23)12-19(20)25-13)21(27)24-9-3-4-10-28-17-7-5-15(22)6-8-17/h5-8,11-12H,3-4,9-10H2,1-2H3,(H,24,27). The summed E-state index contributed by atoms with van der Waals surface area (Å²) >= 11 is 0. The summed E-state index contributed by atoms with van der Waals surface area (Å²) in [7, 11) is 0.